The van der Waals surface area contributed by atoms with Crippen molar-refractivity contribution in [2.24, 2.45) is 4.99 Å². The molecule has 0 saturated carbocycles. The summed E-state index contributed by atoms with van der Waals surface area (Å²) in [6.07, 6.45) is 3.88. The lowest BCUT2D eigenvalue weighted by molar-refractivity contribution is -0.129. The zero-order valence-electron chi connectivity index (χ0n) is 24.0. The van der Waals surface area contributed by atoms with E-state index in [4.69, 9.17) is 19.6 Å². The molecule has 1 aliphatic rings. The topological polar surface area (TPSA) is 92.2 Å². The second-order valence-electron chi connectivity index (χ2n) is 10.3. The van der Waals surface area contributed by atoms with Crippen LogP contribution < -0.4 is 15.6 Å². The van der Waals surface area contributed by atoms with Crippen molar-refractivity contribution in [3.05, 3.63) is 142 Å². The highest BCUT2D eigenvalue weighted by Gasteiger charge is 2.53. The fourth-order valence-corrected chi connectivity index (χ4v) is 5.39. The molecule has 0 aromatic heterocycles. The molecule has 4 aromatic rings. The number of carbonyl (C=O) groups is 1. The summed E-state index contributed by atoms with van der Waals surface area (Å²) in [6, 6.07) is 30.9. The second-order valence-corrected chi connectivity index (χ2v) is 11.1. The predicted octanol–water partition coefficient (Wildman–Crippen LogP) is 6.53. The van der Waals surface area contributed by atoms with Crippen LogP contribution in [-0.4, -0.2) is 35.7 Å². The number of halogens is 2. The first-order valence-electron chi connectivity index (χ1n) is 14.3. The van der Waals surface area contributed by atoms with Gasteiger partial charge in [0.25, 0.3) is 5.91 Å². The van der Waals surface area contributed by atoms with Gasteiger partial charge >= 0.3 is 0 Å². The summed E-state index contributed by atoms with van der Waals surface area (Å²) in [5.74, 6) is 0.224. The molecular weight excluding hydrogens is 625 g/mol. The van der Waals surface area contributed by atoms with Gasteiger partial charge in [0.05, 0.1) is 6.61 Å². The third kappa shape index (κ3) is 7.60. The third-order valence-corrected chi connectivity index (χ3v) is 7.86. The molecule has 0 saturated heterocycles. The third-order valence-electron chi connectivity index (χ3n) is 7.14. The molecule has 0 spiro atoms. The van der Waals surface area contributed by atoms with Crippen LogP contribution in [0.25, 0.3) is 6.08 Å². The number of benzene rings is 4. The average Bonchev–Trinajstić information content (AvgIpc) is 3.43. The molecule has 7 nitrogen and oxygen atoms in total. The van der Waals surface area contributed by atoms with E-state index in [1.165, 1.54) is 12.1 Å². The molecule has 1 heterocycles. The Morgan fingerprint density at radius 3 is 2.55 bits per heavy atom. The number of amides is 1. The summed E-state index contributed by atoms with van der Waals surface area (Å²) in [4.78, 5) is 19.2. The number of hydrogen-bond acceptors (Lipinski definition) is 6. The van der Waals surface area contributed by atoms with E-state index < -0.39 is 17.6 Å². The Balaban J connectivity index is 1.49. The Morgan fingerprint density at radius 2 is 1.80 bits per heavy atom. The van der Waals surface area contributed by atoms with E-state index in [0.717, 1.165) is 15.6 Å². The van der Waals surface area contributed by atoms with E-state index >= 15 is 0 Å². The van der Waals surface area contributed by atoms with Gasteiger partial charge in [0.15, 0.2) is 11.6 Å². The van der Waals surface area contributed by atoms with E-state index in [0.29, 0.717) is 35.8 Å². The molecule has 0 bridgehead atoms. The second kappa shape index (κ2) is 14.9. The van der Waals surface area contributed by atoms with Crippen LogP contribution in [0.4, 0.5) is 4.39 Å². The lowest BCUT2D eigenvalue weighted by Crippen LogP contribution is -2.52. The molecule has 9 heteroatoms. The standard InChI is InChI=1S/C35H33BrFN3O4/c36-31-15-5-4-14-30(31)32-35(20-7-12-25-9-2-1-3-10-25,34(42)40-38-24-26-11-6-13-28(37)23-26)39-33(44-32)27-16-18-29(19-17-27)43-22-8-21-41/h1-7,9-19,23,32,38,41H,8,20-22,24H2,(H,40,42)/b12-7+/t32-,35-/m0/s1. The largest absolute Gasteiger partial charge is 0.494 e. The number of aliphatic hydroxyl groups excluding tert-OH is 1. The van der Waals surface area contributed by atoms with Crippen molar-refractivity contribution in [1.82, 2.24) is 10.9 Å². The molecule has 3 N–H and O–H groups in total. The molecule has 1 amide bonds. The fraction of sp³-hybridized carbons (Fsp3) is 0.200. The minimum Gasteiger partial charge on any atom is -0.494 e. The van der Waals surface area contributed by atoms with Gasteiger partial charge in [-0.2, -0.15) is 0 Å². The normalized spacial score (nSPS) is 17.7. The number of nitrogens with one attached hydrogen (secondary N) is 2. The summed E-state index contributed by atoms with van der Waals surface area (Å²) >= 11 is 3.65. The van der Waals surface area contributed by atoms with Gasteiger partial charge in [0, 0.05) is 41.6 Å². The van der Waals surface area contributed by atoms with E-state index in [2.05, 4.69) is 26.8 Å². The summed E-state index contributed by atoms with van der Waals surface area (Å²) < 4.78 is 26.8. The first kappa shape index (κ1) is 31.1. The highest BCUT2D eigenvalue weighted by atomic mass is 79.9. The molecule has 0 radical (unpaired) electrons. The average molecular weight is 659 g/mol. The summed E-state index contributed by atoms with van der Waals surface area (Å²) in [6.45, 7) is 0.671. The fourth-order valence-electron chi connectivity index (χ4n) is 4.90. The summed E-state index contributed by atoms with van der Waals surface area (Å²) in [5.41, 5.74) is 7.50. The zero-order chi connectivity index (χ0) is 30.8. The quantitative estimate of drug-likeness (QED) is 0.112. The van der Waals surface area contributed by atoms with Gasteiger partial charge < -0.3 is 14.6 Å². The smallest absolute Gasteiger partial charge is 0.266 e. The van der Waals surface area contributed by atoms with Crippen molar-refractivity contribution in [2.75, 3.05) is 13.2 Å². The Morgan fingerprint density at radius 1 is 1.02 bits per heavy atom. The Kier molecular flexibility index (Phi) is 10.6. The van der Waals surface area contributed by atoms with E-state index in [-0.39, 0.29) is 25.4 Å². The molecule has 44 heavy (non-hydrogen) atoms. The van der Waals surface area contributed by atoms with Gasteiger partial charge in [-0.1, -0.05) is 88.7 Å². The maximum absolute atomic E-state index is 14.2. The monoisotopic (exact) mass is 657 g/mol. The van der Waals surface area contributed by atoms with Crippen LogP contribution in [0.15, 0.2) is 119 Å². The van der Waals surface area contributed by atoms with Crippen molar-refractivity contribution in [3.8, 4) is 5.75 Å². The number of carbonyl (C=O) groups excluding carboxylic acids is 1. The van der Waals surface area contributed by atoms with Crippen LogP contribution in [0.5, 0.6) is 5.75 Å². The number of aliphatic imine (C=N–C) groups is 1. The van der Waals surface area contributed by atoms with Gasteiger partial charge in [0.2, 0.25) is 5.90 Å². The van der Waals surface area contributed by atoms with E-state index in [9.17, 15) is 9.18 Å². The molecular formula is C35H33BrFN3O4. The lowest BCUT2D eigenvalue weighted by atomic mass is 9.84. The number of nitrogens with zero attached hydrogens (tertiary/aromatic N) is 1. The first-order valence-corrected chi connectivity index (χ1v) is 15.1. The number of hydrogen-bond donors (Lipinski definition) is 3. The predicted molar refractivity (Wildman–Crippen MR) is 172 cm³/mol. The number of hydrazine groups is 1. The molecule has 5 rings (SSSR count). The van der Waals surface area contributed by atoms with Crippen LogP contribution >= 0.6 is 15.9 Å². The maximum Gasteiger partial charge on any atom is 0.266 e. The van der Waals surface area contributed by atoms with Gasteiger partial charge in [-0.3, -0.25) is 10.2 Å². The van der Waals surface area contributed by atoms with E-state index in [1.54, 1.807) is 12.1 Å². The van der Waals surface area contributed by atoms with Crippen LogP contribution in [0, 0.1) is 5.82 Å². The molecule has 2 atom stereocenters. The highest BCUT2D eigenvalue weighted by molar-refractivity contribution is 9.10. The van der Waals surface area contributed by atoms with Crippen LogP contribution in [0.2, 0.25) is 0 Å². The first-order chi connectivity index (χ1) is 21.5. The molecule has 0 fully saturated rings. The summed E-state index contributed by atoms with van der Waals surface area (Å²) in [7, 11) is 0. The van der Waals surface area contributed by atoms with Crippen molar-refractivity contribution in [1.29, 1.82) is 0 Å². The lowest BCUT2D eigenvalue weighted by Gasteiger charge is -2.30. The zero-order valence-corrected chi connectivity index (χ0v) is 25.5. The number of aliphatic hydroxyl groups is 1. The highest BCUT2D eigenvalue weighted by Crippen LogP contribution is 2.45. The molecule has 226 valence electrons. The SMILES string of the molecule is O=C(NNCc1cccc(F)c1)[C@@]1(C/C=C/c2ccccc2)N=C(c2ccc(OCCCO)cc2)O[C@H]1c1ccccc1Br. The molecule has 0 aliphatic carbocycles. The van der Waals surface area contributed by atoms with Crippen LogP contribution in [-0.2, 0) is 16.1 Å². The minimum absolute atomic E-state index is 0.0547. The van der Waals surface area contributed by atoms with Crippen LogP contribution in [0.1, 0.15) is 41.2 Å². The van der Waals surface area contributed by atoms with Crippen molar-refractivity contribution < 1.29 is 23.8 Å². The molecule has 0 unspecified atom stereocenters. The Hall–Kier alpha value is -4.31. The Labute approximate surface area is 264 Å². The van der Waals surface area contributed by atoms with Gasteiger partial charge in [-0.05, 0) is 53.6 Å². The molecule has 4 aromatic carbocycles. The van der Waals surface area contributed by atoms with E-state index in [1.807, 2.05) is 91.0 Å². The van der Waals surface area contributed by atoms with Gasteiger partial charge in [-0.25, -0.2) is 14.8 Å². The van der Waals surface area contributed by atoms with Crippen molar-refractivity contribution in [3.63, 3.8) is 0 Å². The Bertz CT molecular complexity index is 1610. The number of rotatable bonds is 13. The van der Waals surface area contributed by atoms with Gasteiger partial charge in [-0.15, -0.1) is 0 Å². The minimum atomic E-state index is -1.39. The van der Waals surface area contributed by atoms with Gasteiger partial charge in [0.1, 0.15) is 11.6 Å². The van der Waals surface area contributed by atoms with Crippen molar-refractivity contribution >= 4 is 33.8 Å². The maximum atomic E-state index is 14.2. The molecule has 1 aliphatic heterocycles. The van der Waals surface area contributed by atoms with Crippen LogP contribution in [0.3, 0.4) is 0 Å². The summed E-state index contributed by atoms with van der Waals surface area (Å²) in [5, 5.41) is 9.04. The number of ether oxygens (including phenoxy) is 2. The van der Waals surface area contributed by atoms with Crippen molar-refractivity contribution in [2.45, 2.75) is 31.0 Å².